The topological polar surface area (TPSA) is 69.7 Å². The highest BCUT2D eigenvalue weighted by molar-refractivity contribution is 5.37. The van der Waals surface area contributed by atoms with Crippen LogP contribution in [0.5, 0.6) is 5.75 Å². The molecule has 1 aromatic carbocycles. The van der Waals surface area contributed by atoms with Crippen LogP contribution in [-0.2, 0) is 6.54 Å². The van der Waals surface area contributed by atoms with E-state index in [0.29, 0.717) is 5.75 Å². The van der Waals surface area contributed by atoms with Crippen molar-refractivity contribution in [2.24, 2.45) is 5.73 Å². The van der Waals surface area contributed by atoms with Gasteiger partial charge in [-0.25, -0.2) is 0 Å². The quantitative estimate of drug-likeness (QED) is 0.755. The van der Waals surface area contributed by atoms with Crippen LogP contribution in [-0.4, -0.2) is 34.8 Å². The summed E-state index contributed by atoms with van der Waals surface area (Å²) in [7, 11) is 0. The van der Waals surface area contributed by atoms with Crippen molar-refractivity contribution in [3.63, 3.8) is 0 Å². The molecule has 0 saturated carbocycles. The van der Waals surface area contributed by atoms with E-state index in [1.54, 1.807) is 12.1 Å². The molecule has 1 aliphatic rings. The summed E-state index contributed by atoms with van der Waals surface area (Å²) in [6, 6.07) is 4.98. The van der Waals surface area contributed by atoms with Gasteiger partial charge in [-0.3, -0.25) is 4.90 Å². The number of rotatable bonds is 4. The van der Waals surface area contributed by atoms with Gasteiger partial charge in [0, 0.05) is 12.1 Å². The van der Waals surface area contributed by atoms with Crippen LogP contribution < -0.4 is 5.73 Å². The Bertz CT molecular complexity index is 389. The molecule has 1 aliphatic heterocycles. The number of nitrogens with two attached hydrogens (primary N) is 1. The number of phenolic OH excluding ortho intramolecular Hbond substituents is 1. The highest BCUT2D eigenvalue weighted by Crippen LogP contribution is 2.24. The summed E-state index contributed by atoms with van der Waals surface area (Å²) in [6.07, 6.45) is 3.77. The van der Waals surface area contributed by atoms with E-state index < -0.39 is 0 Å². The minimum atomic E-state index is -0.370. The molecule has 1 atom stereocenters. The molecule has 4 nitrogen and oxygen atoms in total. The summed E-state index contributed by atoms with van der Waals surface area (Å²) in [5.41, 5.74) is 7.58. The van der Waals surface area contributed by atoms with Crippen LogP contribution in [0.15, 0.2) is 18.2 Å². The fourth-order valence-electron chi connectivity index (χ4n) is 2.43. The monoisotopic (exact) mass is 250 g/mol. The fourth-order valence-corrected chi connectivity index (χ4v) is 2.43. The molecule has 18 heavy (non-hydrogen) atoms. The summed E-state index contributed by atoms with van der Waals surface area (Å²) in [5, 5.41) is 19.0. The maximum atomic E-state index is 9.89. The van der Waals surface area contributed by atoms with E-state index in [1.807, 2.05) is 6.07 Å². The lowest BCUT2D eigenvalue weighted by Crippen LogP contribution is -2.29. The summed E-state index contributed by atoms with van der Waals surface area (Å²) in [5.74, 6) is 0.314. The Balaban J connectivity index is 2.10. The number of hydrogen-bond acceptors (Lipinski definition) is 4. The first-order valence-electron chi connectivity index (χ1n) is 6.61. The maximum Gasteiger partial charge on any atom is 0.120 e. The molecule has 0 aromatic heterocycles. The molecule has 0 bridgehead atoms. The van der Waals surface area contributed by atoms with Crippen molar-refractivity contribution in [1.29, 1.82) is 0 Å². The lowest BCUT2D eigenvalue weighted by Gasteiger charge is -2.27. The number of piperidine rings is 1. The smallest absolute Gasteiger partial charge is 0.120 e. The second-order valence-electron chi connectivity index (χ2n) is 5.01. The van der Waals surface area contributed by atoms with Crippen molar-refractivity contribution in [3.8, 4) is 5.75 Å². The molecule has 1 fully saturated rings. The largest absolute Gasteiger partial charge is 0.508 e. The highest BCUT2D eigenvalue weighted by Gasteiger charge is 2.14. The average molecular weight is 250 g/mol. The molecule has 0 aliphatic carbocycles. The van der Waals surface area contributed by atoms with Gasteiger partial charge in [0.2, 0.25) is 0 Å². The zero-order valence-electron chi connectivity index (χ0n) is 10.7. The Hall–Kier alpha value is -1.10. The van der Waals surface area contributed by atoms with Gasteiger partial charge in [-0.05, 0) is 43.6 Å². The van der Waals surface area contributed by atoms with Gasteiger partial charge in [-0.2, -0.15) is 0 Å². The average Bonchev–Trinajstić information content (AvgIpc) is 2.41. The minimum absolute atomic E-state index is 0.0755. The lowest BCUT2D eigenvalue weighted by molar-refractivity contribution is 0.218. The predicted octanol–water partition coefficient (Wildman–Crippen LogP) is 1.37. The molecule has 1 heterocycles. The molecular weight excluding hydrogens is 228 g/mol. The Labute approximate surface area is 108 Å². The van der Waals surface area contributed by atoms with Crippen LogP contribution >= 0.6 is 0 Å². The third-order valence-corrected chi connectivity index (χ3v) is 3.57. The van der Waals surface area contributed by atoms with Crippen molar-refractivity contribution in [2.75, 3.05) is 19.7 Å². The van der Waals surface area contributed by atoms with Gasteiger partial charge in [0.1, 0.15) is 5.75 Å². The third kappa shape index (κ3) is 3.22. The Morgan fingerprint density at radius 3 is 2.61 bits per heavy atom. The van der Waals surface area contributed by atoms with Crippen molar-refractivity contribution in [3.05, 3.63) is 29.3 Å². The van der Waals surface area contributed by atoms with Crippen LogP contribution in [0.25, 0.3) is 0 Å². The summed E-state index contributed by atoms with van der Waals surface area (Å²) < 4.78 is 0. The molecule has 2 rings (SSSR count). The first-order valence-corrected chi connectivity index (χ1v) is 6.61. The first-order chi connectivity index (χ1) is 8.70. The van der Waals surface area contributed by atoms with Crippen LogP contribution in [0.4, 0.5) is 0 Å². The predicted molar refractivity (Wildman–Crippen MR) is 71.2 cm³/mol. The molecule has 0 amide bonds. The summed E-state index contributed by atoms with van der Waals surface area (Å²) in [6.45, 7) is 2.87. The normalized spacial score (nSPS) is 18.8. The Kier molecular flexibility index (Phi) is 4.58. The summed E-state index contributed by atoms with van der Waals surface area (Å²) >= 11 is 0. The Morgan fingerprint density at radius 2 is 1.94 bits per heavy atom. The second kappa shape index (κ2) is 6.18. The number of likely N-dealkylation sites (tertiary alicyclic amines) is 1. The van der Waals surface area contributed by atoms with E-state index in [2.05, 4.69) is 4.90 Å². The van der Waals surface area contributed by atoms with Gasteiger partial charge in [-0.15, -0.1) is 0 Å². The van der Waals surface area contributed by atoms with Crippen LogP contribution in [0.3, 0.4) is 0 Å². The number of aliphatic hydroxyl groups excluding tert-OH is 1. The number of hydrogen-bond donors (Lipinski definition) is 3. The molecular formula is C14H22N2O2. The summed E-state index contributed by atoms with van der Waals surface area (Å²) in [4.78, 5) is 2.35. The SMILES string of the molecule is N[C@@H](CO)c1ccc(O)c(CN2CCCCC2)c1. The van der Waals surface area contributed by atoms with E-state index in [0.717, 1.165) is 30.8 Å². The zero-order valence-corrected chi connectivity index (χ0v) is 10.7. The van der Waals surface area contributed by atoms with Gasteiger partial charge in [0.05, 0.1) is 12.6 Å². The van der Waals surface area contributed by atoms with E-state index in [4.69, 9.17) is 10.8 Å². The zero-order chi connectivity index (χ0) is 13.0. The maximum absolute atomic E-state index is 9.89. The lowest BCUT2D eigenvalue weighted by atomic mass is 10.0. The fraction of sp³-hybridized carbons (Fsp3) is 0.571. The molecule has 0 unspecified atom stereocenters. The van der Waals surface area contributed by atoms with E-state index in [9.17, 15) is 5.11 Å². The Morgan fingerprint density at radius 1 is 1.22 bits per heavy atom. The molecule has 1 aromatic rings. The number of aliphatic hydroxyl groups is 1. The number of nitrogens with zero attached hydrogens (tertiary/aromatic N) is 1. The van der Waals surface area contributed by atoms with Crippen molar-refractivity contribution in [2.45, 2.75) is 31.8 Å². The van der Waals surface area contributed by atoms with Gasteiger partial charge in [0.25, 0.3) is 0 Å². The van der Waals surface area contributed by atoms with E-state index in [1.165, 1.54) is 19.3 Å². The van der Waals surface area contributed by atoms with E-state index >= 15 is 0 Å². The third-order valence-electron chi connectivity index (χ3n) is 3.57. The molecule has 100 valence electrons. The van der Waals surface area contributed by atoms with E-state index in [-0.39, 0.29) is 12.6 Å². The van der Waals surface area contributed by atoms with Crippen molar-refractivity contribution in [1.82, 2.24) is 4.90 Å². The van der Waals surface area contributed by atoms with Gasteiger partial charge >= 0.3 is 0 Å². The van der Waals surface area contributed by atoms with Gasteiger partial charge < -0.3 is 15.9 Å². The molecule has 1 saturated heterocycles. The molecule has 4 N–H and O–H groups in total. The second-order valence-corrected chi connectivity index (χ2v) is 5.01. The van der Waals surface area contributed by atoms with Crippen molar-refractivity contribution >= 4 is 0 Å². The highest BCUT2D eigenvalue weighted by atomic mass is 16.3. The molecule has 4 heteroatoms. The first kappa shape index (κ1) is 13.3. The molecule has 0 spiro atoms. The van der Waals surface area contributed by atoms with Crippen LogP contribution in [0.1, 0.15) is 36.4 Å². The van der Waals surface area contributed by atoms with Crippen molar-refractivity contribution < 1.29 is 10.2 Å². The van der Waals surface area contributed by atoms with Crippen LogP contribution in [0.2, 0.25) is 0 Å². The number of phenols is 1. The minimum Gasteiger partial charge on any atom is -0.508 e. The molecule has 0 radical (unpaired) electrons. The van der Waals surface area contributed by atoms with Gasteiger partial charge in [0.15, 0.2) is 0 Å². The number of aromatic hydroxyl groups is 1. The number of benzene rings is 1. The standard InChI is InChI=1S/C14H22N2O2/c15-13(10-17)11-4-5-14(18)12(8-11)9-16-6-2-1-3-7-16/h4-5,8,13,17-18H,1-3,6-7,9-10,15H2/t13-/m0/s1. The van der Waals surface area contributed by atoms with Gasteiger partial charge in [-0.1, -0.05) is 12.5 Å². The van der Waals surface area contributed by atoms with Crippen LogP contribution in [0, 0.1) is 0 Å².